The molecule has 5 nitrogen and oxygen atoms in total. The van der Waals surface area contributed by atoms with Crippen molar-refractivity contribution < 1.29 is 17.6 Å². The minimum atomic E-state index is -3.80. The summed E-state index contributed by atoms with van der Waals surface area (Å²) in [5.41, 5.74) is 0.0878. The van der Waals surface area contributed by atoms with Crippen LogP contribution in [0.2, 0.25) is 5.02 Å². The number of nitrogens with one attached hydrogen (secondary N) is 1. The highest BCUT2D eigenvalue weighted by Crippen LogP contribution is 2.18. The monoisotopic (exact) mass is 328 g/mol. The molecule has 110 valence electrons. The molecule has 0 aromatic heterocycles. The Bertz CT molecular complexity index is 792. The fourth-order valence-corrected chi connectivity index (χ4v) is 2.29. The second-order valence-electron chi connectivity index (χ2n) is 4.15. The molecule has 0 saturated heterocycles. The Kier molecular flexibility index (Phi) is 4.26. The molecule has 3 N–H and O–H groups in total. The van der Waals surface area contributed by atoms with E-state index in [0.717, 1.165) is 6.07 Å². The summed E-state index contributed by atoms with van der Waals surface area (Å²) >= 11 is 5.71. The third kappa shape index (κ3) is 3.78. The van der Waals surface area contributed by atoms with E-state index >= 15 is 0 Å². The van der Waals surface area contributed by atoms with Gasteiger partial charge in [-0.2, -0.15) is 0 Å². The van der Waals surface area contributed by atoms with Crippen molar-refractivity contribution in [2.24, 2.45) is 5.14 Å². The molecule has 0 saturated carbocycles. The van der Waals surface area contributed by atoms with Crippen molar-refractivity contribution in [3.8, 4) is 0 Å². The zero-order valence-electron chi connectivity index (χ0n) is 10.5. The van der Waals surface area contributed by atoms with Crippen molar-refractivity contribution in [3.63, 3.8) is 0 Å². The Labute approximate surface area is 125 Å². The molecular formula is C13H10ClFN2O3S. The number of carbonyl (C=O) groups excluding carboxylic acids is 1. The number of halogens is 2. The molecule has 0 bridgehead atoms. The number of nitrogens with two attached hydrogens (primary N) is 1. The first kappa shape index (κ1) is 15.4. The fraction of sp³-hybridized carbons (Fsp3) is 0. The summed E-state index contributed by atoms with van der Waals surface area (Å²) in [6.45, 7) is 0. The molecule has 0 aliphatic carbocycles. The smallest absolute Gasteiger partial charge is 0.258 e. The van der Waals surface area contributed by atoms with Gasteiger partial charge in [-0.15, -0.1) is 0 Å². The van der Waals surface area contributed by atoms with E-state index in [0.29, 0.717) is 5.69 Å². The van der Waals surface area contributed by atoms with Crippen LogP contribution < -0.4 is 10.5 Å². The van der Waals surface area contributed by atoms with Crippen LogP contribution in [0, 0.1) is 5.82 Å². The van der Waals surface area contributed by atoms with Crippen LogP contribution in [0.3, 0.4) is 0 Å². The molecule has 0 heterocycles. The molecule has 2 aromatic rings. The van der Waals surface area contributed by atoms with Crippen molar-refractivity contribution in [2.75, 3.05) is 5.32 Å². The number of hydrogen-bond donors (Lipinski definition) is 2. The number of anilines is 1. The Balaban J connectivity index is 2.22. The molecule has 2 aromatic carbocycles. The summed E-state index contributed by atoms with van der Waals surface area (Å²) in [5, 5.41) is 7.62. The van der Waals surface area contributed by atoms with E-state index in [4.69, 9.17) is 16.7 Å². The predicted molar refractivity (Wildman–Crippen MR) is 77.2 cm³/mol. The molecular weight excluding hydrogens is 319 g/mol. The number of rotatable bonds is 3. The van der Waals surface area contributed by atoms with Gasteiger partial charge in [0.25, 0.3) is 5.91 Å². The second-order valence-corrected chi connectivity index (χ2v) is 6.15. The van der Waals surface area contributed by atoms with E-state index in [1.165, 1.54) is 36.4 Å². The highest BCUT2D eigenvalue weighted by Gasteiger charge is 2.13. The zero-order valence-corrected chi connectivity index (χ0v) is 12.1. The van der Waals surface area contributed by atoms with Crippen LogP contribution in [-0.2, 0) is 10.0 Å². The number of primary sulfonamides is 1. The van der Waals surface area contributed by atoms with Gasteiger partial charge in [0.15, 0.2) is 0 Å². The topological polar surface area (TPSA) is 89.3 Å². The quantitative estimate of drug-likeness (QED) is 0.906. The van der Waals surface area contributed by atoms with E-state index in [1.807, 2.05) is 0 Å². The minimum Gasteiger partial charge on any atom is -0.322 e. The van der Waals surface area contributed by atoms with Gasteiger partial charge in [0.1, 0.15) is 5.82 Å². The summed E-state index contributed by atoms with van der Waals surface area (Å²) in [6.07, 6.45) is 0. The summed E-state index contributed by atoms with van der Waals surface area (Å²) in [5.74, 6) is -1.41. The standard InChI is InChI=1S/C13H10ClFN2O3S/c14-8-1-6-12(15)11(7-8)13(18)17-9-2-4-10(5-3-9)21(16,19)20/h1-7H,(H,17,18)(H2,16,19,20). The minimum absolute atomic E-state index is 0.0885. The molecule has 21 heavy (non-hydrogen) atoms. The average molecular weight is 329 g/mol. The van der Waals surface area contributed by atoms with Crippen LogP contribution in [-0.4, -0.2) is 14.3 Å². The van der Waals surface area contributed by atoms with Crippen molar-refractivity contribution in [1.82, 2.24) is 0 Å². The molecule has 0 radical (unpaired) electrons. The lowest BCUT2D eigenvalue weighted by molar-refractivity contribution is 0.102. The number of amides is 1. The van der Waals surface area contributed by atoms with Gasteiger partial charge in [-0.1, -0.05) is 11.6 Å². The number of hydrogen-bond acceptors (Lipinski definition) is 3. The van der Waals surface area contributed by atoms with E-state index in [2.05, 4.69) is 5.32 Å². The van der Waals surface area contributed by atoms with Crippen LogP contribution in [0.5, 0.6) is 0 Å². The zero-order chi connectivity index (χ0) is 15.6. The maximum absolute atomic E-state index is 13.5. The van der Waals surface area contributed by atoms with Crippen molar-refractivity contribution in [1.29, 1.82) is 0 Å². The molecule has 0 fully saturated rings. The lowest BCUT2D eigenvalue weighted by Gasteiger charge is -2.07. The van der Waals surface area contributed by atoms with Crippen molar-refractivity contribution in [2.45, 2.75) is 4.90 Å². The second kappa shape index (κ2) is 5.80. The van der Waals surface area contributed by atoms with Gasteiger partial charge in [-0.3, -0.25) is 4.79 Å². The summed E-state index contributed by atoms with van der Waals surface area (Å²) < 4.78 is 35.7. The van der Waals surface area contributed by atoms with Crippen LogP contribution in [0.4, 0.5) is 10.1 Å². The lowest BCUT2D eigenvalue weighted by atomic mass is 10.2. The Hall–Kier alpha value is -1.96. The first-order chi connectivity index (χ1) is 9.77. The average Bonchev–Trinajstić information content (AvgIpc) is 2.41. The first-order valence-electron chi connectivity index (χ1n) is 5.66. The van der Waals surface area contributed by atoms with Crippen LogP contribution >= 0.6 is 11.6 Å². The van der Waals surface area contributed by atoms with E-state index in [-0.39, 0.29) is 15.5 Å². The van der Waals surface area contributed by atoms with Crippen LogP contribution in [0.1, 0.15) is 10.4 Å². The van der Waals surface area contributed by atoms with Crippen molar-refractivity contribution in [3.05, 3.63) is 58.9 Å². The molecule has 0 aliphatic heterocycles. The first-order valence-corrected chi connectivity index (χ1v) is 7.59. The van der Waals surface area contributed by atoms with Gasteiger partial charge in [0, 0.05) is 10.7 Å². The number of carbonyl (C=O) groups is 1. The van der Waals surface area contributed by atoms with Gasteiger partial charge in [0.2, 0.25) is 10.0 Å². The highest BCUT2D eigenvalue weighted by atomic mass is 35.5. The largest absolute Gasteiger partial charge is 0.322 e. The van der Waals surface area contributed by atoms with Crippen molar-refractivity contribution >= 4 is 33.2 Å². The van der Waals surface area contributed by atoms with Gasteiger partial charge >= 0.3 is 0 Å². The molecule has 1 amide bonds. The Morgan fingerprint density at radius 2 is 1.76 bits per heavy atom. The molecule has 0 aliphatic rings. The maximum atomic E-state index is 13.5. The normalized spacial score (nSPS) is 11.2. The Morgan fingerprint density at radius 1 is 1.14 bits per heavy atom. The molecule has 2 rings (SSSR count). The van der Waals surface area contributed by atoms with Gasteiger partial charge < -0.3 is 5.32 Å². The van der Waals surface area contributed by atoms with Gasteiger partial charge in [0.05, 0.1) is 10.5 Å². The summed E-state index contributed by atoms with van der Waals surface area (Å²) in [6, 6.07) is 8.78. The number of benzene rings is 2. The SMILES string of the molecule is NS(=O)(=O)c1ccc(NC(=O)c2cc(Cl)ccc2F)cc1. The third-order valence-corrected chi connectivity index (χ3v) is 3.78. The van der Waals surface area contributed by atoms with E-state index < -0.39 is 21.7 Å². The van der Waals surface area contributed by atoms with E-state index in [1.54, 1.807) is 0 Å². The lowest BCUT2D eigenvalue weighted by Crippen LogP contribution is -2.15. The molecule has 0 atom stereocenters. The molecule has 8 heteroatoms. The number of sulfonamides is 1. The summed E-state index contributed by atoms with van der Waals surface area (Å²) in [4.78, 5) is 11.8. The summed E-state index contributed by atoms with van der Waals surface area (Å²) in [7, 11) is -3.80. The Morgan fingerprint density at radius 3 is 2.33 bits per heavy atom. The van der Waals surface area contributed by atoms with E-state index in [9.17, 15) is 17.6 Å². The highest BCUT2D eigenvalue weighted by molar-refractivity contribution is 7.89. The molecule has 0 unspecified atom stereocenters. The molecule has 0 spiro atoms. The van der Waals surface area contributed by atoms with Gasteiger partial charge in [-0.05, 0) is 42.5 Å². The maximum Gasteiger partial charge on any atom is 0.258 e. The fourth-order valence-electron chi connectivity index (χ4n) is 1.60. The predicted octanol–water partition coefficient (Wildman–Crippen LogP) is 2.38. The van der Waals surface area contributed by atoms with Gasteiger partial charge in [-0.25, -0.2) is 17.9 Å². The van der Waals surface area contributed by atoms with Crippen LogP contribution in [0.15, 0.2) is 47.4 Å². The third-order valence-electron chi connectivity index (χ3n) is 2.61. The van der Waals surface area contributed by atoms with Crippen LogP contribution in [0.25, 0.3) is 0 Å².